The van der Waals surface area contributed by atoms with Crippen molar-refractivity contribution in [1.82, 2.24) is 19.4 Å². The number of nitrogens with zero attached hydrogens (tertiary/aromatic N) is 2. The summed E-state index contributed by atoms with van der Waals surface area (Å²) in [5.74, 6) is 0.617. The number of aromatic nitrogens is 2. The maximum atomic E-state index is 11.3. The van der Waals surface area contributed by atoms with Crippen LogP contribution < -0.4 is 10.6 Å². The van der Waals surface area contributed by atoms with Crippen molar-refractivity contribution in [3.63, 3.8) is 0 Å². The van der Waals surface area contributed by atoms with E-state index < -0.39 is 0 Å². The number of likely N-dealkylation sites (N-methyl/N-ethyl adjacent to an activating group) is 1. The molecule has 1 heterocycles. The molecule has 0 saturated carbocycles. The standard InChI is InChI=1S/C9H14N4O2S2/c1-6-7(13-17-12-6)4-16-5-9(15)11-3-8(14)10-2/h3-5H2,1-2H3,(H,10,14)(H,11,15). The van der Waals surface area contributed by atoms with Crippen LogP contribution in [0.15, 0.2) is 0 Å². The molecule has 94 valence electrons. The second-order valence-corrected chi connectivity index (χ2v) is 4.75. The van der Waals surface area contributed by atoms with Crippen LogP contribution in [-0.2, 0) is 15.3 Å². The first-order valence-electron chi connectivity index (χ1n) is 4.96. The largest absolute Gasteiger partial charge is 0.358 e. The average molecular weight is 274 g/mol. The summed E-state index contributed by atoms with van der Waals surface area (Å²) in [7, 11) is 1.53. The summed E-state index contributed by atoms with van der Waals surface area (Å²) in [6.45, 7) is 1.91. The van der Waals surface area contributed by atoms with Crippen molar-refractivity contribution in [1.29, 1.82) is 0 Å². The van der Waals surface area contributed by atoms with E-state index in [2.05, 4.69) is 19.4 Å². The van der Waals surface area contributed by atoms with E-state index in [0.717, 1.165) is 11.4 Å². The first-order valence-corrected chi connectivity index (χ1v) is 6.85. The maximum Gasteiger partial charge on any atom is 0.239 e. The Morgan fingerprint density at radius 2 is 2.12 bits per heavy atom. The molecule has 0 unspecified atom stereocenters. The van der Waals surface area contributed by atoms with Gasteiger partial charge < -0.3 is 10.6 Å². The van der Waals surface area contributed by atoms with Gasteiger partial charge in [0.05, 0.1) is 35.4 Å². The van der Waals surface area contributed by atoms with Gasteiger partial charge in [-0.15, -0.1) is 11.8 Å². The number of aryl methyl sites for hydroxylation is 1. The molecule has 0 spiro atoms. The van der Waals surface area contributed by atoms with Crippen LogP contribution in [0.25, 0.3) is 0 Å². The van der Waals surface area contributed by atoms with Gasteiger partial charge in [-0.05, 0) is 6.92 Å². The smallest absolute Gasteiger partial charge is 0.239 e. The van der Waals surface area contributed by atoms with Gasteiger partial charge in [0.2, 0.25) is 11.8 Å². The summed E-state index contributed by atoms with van der Waals surface area (Å²) in [6, 6.07) is 0. The van der Waals surface area contributed by atoms with E-state index in [1.165, 1.54) is 30.5 Å². The number of nitrogens with one attached hydrogen (secondary N) is 2. The van der Waals surface area contributed by atoms with Crippen molar-refractivity contribution in [2.45, 2.75) is 12.7 Å². The third-order valence-electron chi connectivity index (χ3n) is 1.94. The van der Waals surface area contributed by atoms with Gasteiger partial charge >= 0.3 is 0 Å². The maximum absolute atomic E-state index is 11.3. The van der Waals surface area contributed by atoms with E-state index in [1.54, 1.807) is 0 Å². The summed E-state index contributed by atoms with van der Waals surface area (Å²) in [5, 5.41) is 4.95. The van der Waals surface area contributed by atoms with Crippen LogP contribution in [0.2, 0.25) is 0 Å². The molecular weight excluding hydrogens is 260 g/mol. The van der Waals surface area contributed by atoms with E-state index in [9.17, 15) is 9.59 Å². The van der Waals surface area contributed by atoms with Gasteiger partial charge in [0.1, 0.15) is 0 Å². The number of amides is 2. The lowest BCUT2D eigenvalue weighted by atomic mass is 10.4. The highest BCUT2D eigenvalue weighted by atomic mass is 32.2. The van der Waals surface area contributed by atoms with Crippen LogP contribution in [0, 0.1) is 6.92 Å². The second-order valence-electron chi connectivity index (χ2n) is 3.24. The monoisotopic (exact) mass is 274 g/mol. The van der Waals surface area contributed by atoms with E-state index in [4.69, 9.17) is 0 Å². The number of rotatable bonds is 6. The molecule has 0 aliphatic heterocycles. The van der Waals surface area contributed by atoms with Crippen molar-refractivity contribution in [3.05, 3.63) is 11.4 Å². The Morgan fingerprint density at radius 3 is 2.71 bits per heavy atom. The first kappa shape index (κ1) is 13.9. The molecule has 6 nitrogen and oxygen atoms in total. The third-order valence-corrected chi connectivity index (χ3v) is 3.54. The van der Waals surface area contributed by atoms with Crippen molar-refractivity contribution in [2.24, 2.45) is 0 Å². The first-order chi connectivity index (χ1) is 8.13. The third kappa shape index (κ3) is 5.14. The van der Waals surface area contributed by atoms with Gasteiger partial charge in [-0.3, -0.25) is 9.59 Å². The van der Waals surface area contributed by atoms with E-state index in [1.807, 2.05) is 6.92 Å². The predicted molar refractivity (Wildman–Crippen MR) is 67.9 cm³/mol. The number of hydrogen-bond acceptors (Lipinski definition) is 6. The Kier molecular flexibility index (Phi) is 5.92. The Labute approximate surface area is 108 Å². The summed E-state index contributed by atoms with van der Waals surface area (Å²) < 4.78 is 8.16. The molecule has 0 aromatic carbocycles. The van der Waals surface area contributed by atoms with Crippen molar-refractivity contribution in [2.75, 3.05) is 19.3 Å². The predicted octanol–water partition coefficient (Wildman–Crippen LogP) is -0.0581. The topological polar surface area (TPSA) is 84.0 Å². The average Bonchev–Trinajstić information content (AvgIpc) is 2.72. The lowest BCUT2D eigenvalue weighted by Crippen LogP contribution is -2.36. The molecule has 17 heavy (non-hydrogen) atoms. The van der Waals surface area contributed by atoms with Crippen molar-refractivity contribution < 1.29 is 9.59 Å². The number of carbonyl (C=O) groups excluding carboxylic acids is 2. The molecule has 0 atom stereocenters. The molecule has 0 aliphatic carbocycles. The van der Waals surface area contributed by atoms with Gasteiger partial charge in [0.25, 0.3) is 0 Å². The molecule has 1 aromatic heterocycles. The van der Waals surface area contributed by atoms with Crippen LogP contribution in [0.3, 0.4) is 0 Å². The van der Waals surface area contributed by atoms with E-state index in [-0.39, 0.29) is 18.4 Å². The molecule has 0 aliphatic rings. The minimum atomic E-state index is -0.206. The molecule has 0 bridgehead atoms. The molecule has 2 amide bonds. The molecule has 2 N–H and O–H groups in total. The summed E-state index contributed by atoms with van der Waals surface area (Å²) in [5.41, 5.74) is 1.83. The fourth-order valence-corrected chi connectivity index (χ4v) is 2.44. The van der Waals surface area contributed by atoms with Gasteiger partial charge in [-0.25, -0.2) is 0 Å². The zero-order valence-corrected chi connectivity index (χ0v) is 11.3. The molecule has 8 heteroatoms. The Hall–Kier alpha value is -1.15. The molecule has 1 rings (SSSR count). The van der Waals surface area contributed by atoms with Gasteiger partial charge in [0, 0.05) is 12.8 Å². The van der Waals surface area contributed by atoms with E-state index >= 15 is 0 Å². The lowest BCUT2D eigenvalue weighted by Gasteiger charge is -2.03. The quantitative estimate of drug-likeness (QED) is 0.759. The molecule has 0 saturated heterocycles. The van der Waals surface area contributed by atoms with Gasteiger partial charge in [0.15, 0.2) is 0 Å². The Balaban J connectivity index is 2.16. The Morgan fingerprint density at radius 1 is 1.35 bits per heavy atom. The number of thioether (sulfide) groups is 1. The summed E-state index contributed by atoms with van der Waals surface area (Å²) in [4.78, 5) is 22.2. The van der Waals surface area contributed by atoms with E-state index in [0.29, 0.717) is 11.5 Å². The molecule has 0 radical (unpaired) electrons. The second kappa shape index (κ2) is 7.23. The van der Waals surface area contributed by atoms with Gasteiger partial charge in [-0.1, -0.05) is 0 Å². The molecular formula is C9H14N4O2S2. The fourth-order valence-electron chi connectivity index (χ4n) is 0.939. The van der Waals surface area contributed by atoms with Crippen LogP contribution in [0.4, 0.5) is 0 Å². The highest BCUT2D eigenvalue weighted by Crippen LogP contribution is 2.13. The van der Waals surface area contributed by atoms with Crippen molar-refractivity contribution in [3.8, 4) is 0 Å². The van der Waals surface area contributed by atoms with Crippen LogP contribution in [-0.4, -0.2) is 39.9 Å². The summed E-state index contributed by atoms with van der Waals surface area (Å²) in [6.07, 6.45) is 0. The van der Waals surface area contributed by atoms with Crippen LogP contribution in [0.5, 0.6) is 0 Å². The minimum absolute atomic E-state index is 0.0210. The number of hydrogen-bond donors (Lipinski definition) is 2. The van der Waals surface area contributed by atoms with Crippen LogP contribution in [0.1, 0.15) is 11.4 Å². The number of carbonyl (C=O) groups is 2. The Bertz CT molecular complexity index is 394. The molecule has 0 fully saturated rings. The molecule has 1 aromatic rings. The lowest BCUT2D eigenvalue weighted by molar-refractivity contribution is -0.124. The minimum Gasteiger partial charge on any atom is -0.358 e. The summed E-state index contributed by atoms with van der Waals surface area (Å²) >= 11 is 2.63. The highest BCUT2D eigenvalue weighted by Gasteiger charge is 2.07. The zero-order valence-electron chi connectivity index (χ0n) is 9.65. The van der Waals surface area contributed by atoms with Crippen LogP contribution >= 0.6 is 23.5 Å². The zero-order chi connectivity index (χ0) is 12.7. The van der Waals surface area contributed by atoms with Gasteiger partial charge in [-0.2, -0.15) is 8.75 Å². The van der Waals surface area contributed by atoms with Crippen molar-refractivity contribution >= 4 is 35.3 Å². The normalized spacial score (nSPS) is 10.0. The SMILES string of the molecule is CNC(=O)CNC(=O)CSCc1nsnc1C. The fraction of sp³-hybridized carbons (Fsp3) is 0.556. The highest BCUT2D eigenvalue weighted by molar-refractivity contribution is 7.99.